The van der Waals surface area contributed by atoms with E-state index in [1.165, 1.54) is 24.1 Å². The molecule has 0 amide bonds. The Morgan fingerprint density at radius 3 is 2.74 bits per heavy atom. The lowest BCUT2D eigenvalue weighted by Gasteiger charge is -2.36. The fourth-order valence-corrected chi connectivity index (χ4v) is 3.44. The van der Waals surface area contributed by atoms with Gasteiger partial charge in [0.05, 0.1) is 0 Å². The van der Waals surface area contributed by atoms with Crippen molar-refractivity contribution in [3.63, 3.8) is 0 Å². The molecule has 2 nitrogen and oxygen atoms in total. The Balaban J connectivity index is 2.40. The van der Waals surface area contributed by atoms with Crippen LogP contribution in [0.2, 0.25) is 0 Å². The quantitative estimate of drug-likeness (QED) is 0.877. The molecule has 19 heavy (non-hydrogen) atoms. The molecule has 0 spiro atoms. The van der Waals surface area contributed by atoms with Gasteiger partial charge in [-0.2, -0.15) is 0 Å². The van der Waals surface area contributed by atoms with Crippen molar-refractivity contribution in [2.24, 2.45) is 0 Å². The van der Waals surface area contributed by atoms with Crippen LogP contribution in [0.15, 0.2) is 22.7 Å². The van der Waals surface area contributed by atoms with E-state index in [1.54, 1.807) is 0 Å². The van der Waals surface area contributed by atoms with Gasteiger partial charge in [0.2, 0.25) is 0 Å². The van der Waals surface area contributed by atoms with Gasteiger partial charge in [0.25, 0.3) is 0 Å². The summed E-state index contributed by atoms with van der Waals surface area (Å²) >= 11 is 3.62. The molecule has 1 N–H and O–H groups in total. The second-order valence-corrected chi connectivity index (χ2v) is 6.97. The Hall–Kier alpha value is -0.540. The second-order valence-electron chi connectivity index (χ2n) is 6.05. The molecule has 0 radical (unpaired) electrons. The van der Waals surface area contributed by atoms with Gasteiger partial charge in [-0.25, -0.2) is 0 Å². The molecule has 0 saturated carbocycles. The lowest BCUT2D eigenvalue weighted by Crippen LogP contribution is -2.39. The highest BCUT2D eigenvalue weighted by Crippen LogP contribution is 2.38. The number of hydrogen-bond donors (Lipinski definition) is 1. The minimum Gasteiger partial charge on any atom is -0.366 e. The molecule has 106 valence electrons. The predicted octanol–water partition coefficient (Wildman–Crippen LogP) is 4.50. The van der Waals surface area contributed by atoms with E-state index in [-0.39, 0.29) is 5.54 Å². The van der Waals surface area contributed by atoms with Crippen LogP contribution in [-0.4, -0.2) is 18.6 Å². The molecule has 1 fully saturated rings. The van der Waals surface area contributed by atoms with Gasteiger partial charge in [-0.05, 0) is 57.9 Å². The van der Waals surface area contributed by atoms with Crippen molar-refractivity contribution < 1.29 is 0 Å². The summed E-state index contributed by atoms with van der Waals surface area (Å²) in [4.78, 5) is 2.57. The first-order valence-corrected chi connectivity index (χ1v) is 8.05. The van der Waals surface area contributed by atoms with E-state index in [0.29, 0.717) is 6.04 Å². The molecule has 1 aromatic rings. The molecular weight excluding hydrogens is 300 g/mol. The fraction of sp³-hybridized carbons (Fsp3) is 0.625. The van der Waals surface area contributed by atoms with Crippen molar-refractivity contribution in [1.82, 2.24) is 5.32 Å². The van der Waals surface area contributed by atoms with Crippen molar-refractivity contribution in [1.29, 1.82) is 0 Å². The Bertz CT molecular complexity index is 442. The lowest BCUT2D eigenvalue weighted by molar-refractivity contribution is 0.512. The van der Waals surface area contributed by atoms with E-state index in [2.05, 4.69) is 72.0 Å². The molecule has 2 rings (SSSR count). The molecule has 1 aliphatic heterocycles. The van der Waals surface area contributed by atoms with E-state index in [9.17, 15) is 0 Å². The van der Waals surface area contributed by atoms with Crippen LogP contribution in [0.4, 0.5) is 5.69 Å². The summed E-state index contributed by atoms with van der Waals surface area (Å²) in [6, 6.07) is 7.07. The van der Waals surface area contributed by atoms with Crippen LogP contribution in [0.3, 0.4) is 0 Å². The predicted molar refractivity (Wildman–Crippen MR) is 86.9 cm³/mol. The maximum atomic E-state index is 3.62. The number of rotatable bonds is 4. The zero-order valence-corrected chi connectivity index (χ0v) is 14.0. The summed E-state index contributed by atoms with van der Waals surface area (Å²) < 4.78 is 1.16. The van der Waals surface area contributed by atoms with Crippen molar-refractivity contribution in [2.75, 3.05) is 18.0 Å². The van der Waals surface area contributed by atoms with E-state index >= 15 is 0 Å². The third-order valence-corrected chi connectivity index (χ3v) is 4.65. The van der Waals surface area contributed by atoms with Gasteiger partial charge in [0.15, 0.2) is 0 Å². The van der Waals surface area contributed by atoms with E-state index < -0.39 is 0 Å². The minimum atomic E-state index is 0.265. The Morgan fingerprint density at radius 2 is 2.16 bits per heavy atom. The molecule has 3 heteroatoms. The third kappa shape index (κ3) is 3.14. The molecule has 1 atom stereocenters. The highest BCUT2D eigenvalue weighted by molar-refractivity contribution is 9.10. The zero-order valence-electron chi connectivity index (χ0n) is 12.5. The average Bonchev–Trinajstić information content (AvgIpc) is 2.69. The summed E-state index contributed by atoms with van der Waals surface area (Å²) in [5, 5.41) is 3.53. The largest absolute Gasteiger partial charge is 0.366 e. The molecular formula is C16H25BrN2. The summed E-state index contributed by atoms with van der Waals surface area (Å²) in [6.07, 6.45) is 2.56. The molecule has 0 aliphatic carbocycles. The standard InChI is InChI=1S/C16H25BrN2/c1-5-18-12(2)14-8-7-13(17)11-15(14)19-10-6-9-16(19,3)4/h7-8,11-12,18H,5-6,9-10H2,1-4H3. The molecule has 0 aromatic heterocycles. The zero-order chi connectivity index (χ0) is 14.0. The summed E-state index contributed by atoms with van der Waals surface area (Å²) in [5.41, 5.74) is 3.05. The smallest absolute Gasteiger partial charge is 0.0430 e. The van der Waals surface area contributed by atoms with Crippen LogP contribution in [0, 0.1) is 0 Å². The number of halogens is 1. The van der Waals surface area contributed by atoms with Crippen LogP contribution in [0.5, 0.6) is 0 Å². The summed E-state index contributed by atoms with van der Waals surface area (Å²) in [6.45, 7) is 11.3. The molecule has 1 aromatic carbocycles. The van der Waals surface area contributed by atoms with Crippen molar-refractivity contribution in [3.8, 4) is 0 Å². The first-order valence-electron chi connectivity index (χ1n) is 7.26. The minimum absolute atomic E-state index is 0.265. The topological polar surface area (TPSA) is 15.3 Å². The van der Waals surface area contributed by atoms with Gasteiger partial charge in [-0.3, -0.25) is 0 Å². The van der Waals surface area contributed by atoms with Gasteiger partial charge in [0.1, 0.15) is 0 Å². The molecule has 1 unspecified atom stereocenters. The van der Waals surface area contributed by atoms with Gasteiger partial charge in [-0.1, -0.05) is 28.9 Å². The van der Waals surface area contributed by atoms with Gasteiger partial charge in [-0.15, -0.1) is 0 Å². The Kier molecular flexibility index (Phi) is 4.57. The van der Waals surface area contributed by atoms with E-state index in [1.807, 2.05) is 0 Å². The highest BCUT2D eigenvalue weighted by Gasteiger charge is 2.33. The van der Waals surface area contributed by atoms with Crippen molar-refractivity contribution >= 4 is 21.6 Å². The summed E-state index contributed by atoms with van der Waals surface area (Å²) in [7, 11) is 0. The fourth-order valence-electron chi connectivity index (χ4n) is 3.09. The van der Waals surface area contributed by atoms with Crippen molar-refractivity contribution in [2.45, 2.75) is 52.1 Å². The first-order chi connectivity index (χ1) is 8.95. The number of benzene rings is 1. The molecule has 1 heterocycles. The van der Waals surface area contributed by atoms with E-state index in [4.69, 9.17) is 0 Å². The SMILES string of the molecule is CCNC(C)c1ccc(Br)cc1N1CCCC1(C)C. The number of anilines is 1. The van der Waals surface area contributed by atoms with Crippen LogP contribution in [0.1, 0.15) is 52.1 Å². The summed E-state index contributed by atoms with van der Waals surface area (Å²) in [5.74, 6) is 0. The number of nitrogens with zero attached hydrogens (tertiary/aromatic N) is 1. The van der Waals surface area contributed by atoms with Crippen LogP contribution in [0.25, 0.3) is 0 Å². The van der Waals surface area contributed by atoms with Gasteiger partial charge in [0, 0.05) is 28.3 Å². The molecule has 1 saturated heterocycles. The van der Waals surface area contributed by atoms with Crippen molar-refractivity contribution in [3.05, 3.63) is 28.2 Å². The van der Waals surface area contributed by atoms with Crippen LogP contribution >= 0.6 is 15.9 Å². The second kappa shape index (κ2) is 5.84. The lowest BCUT2D eigenvalue weighted by atomic mass is 9.99. The number of nitrogens with one attached hydrogen (secondary N) is 1. The average molecular weight is 325 g/mol. The van der Waals surface area contributed by atoms with Crippen LogP contribution in [-0.2, 0) is 0 Å². The molecule has 0 bridgehead atoms. The van der Waals surface area contributed by atoms with Gasteiger partial charge >= 0.3 is 0 Å². The maximum Gasteiger partial charge on any atom is 0.0430 e. The van der Waals surface area contributed by atoms with Gasteiger partial charge < -0.3 is 10.2 Å². The first kappa shape index (κ1) is 14.9. The Labute approximate surface area is 125 Å². The maximum absolute atomic E-state index is 3.62. The van der Waals surface area contributed by atoms with E-state index in [0.717, 1.165) is 17.6 Å². The van der Waals surface area contributed by atoms with Crippen LogP contribution < -0.4 is 10.2 Å². The molecule has 1 aliphatic rings. The highest BCUT2D eigenvalue weighted by atomic mass is 79.9. The monoisotopic (exact) mass is 324 g/mol. The third-order valence-electron chi connectivity index (χ3n) is 4.16. The Morgan fingerprint density at radius 1 is 1.42 bits per heavy atom. The normalized spacial score (nSPS) is 19.7. The number of hydrogen-bond acceptors (Lipinski definition) is 2.